The van der Waals surface area contributed by atoms with E-state index in [0.717, 1.165) is 17.6 Å². The predicted octanol–water partition coefficient (Wildman–Crippen LogP) is 2.67. The molecular formula is C20H30N4O2. The molecule has 1 aromatic heterocycles. The van der Waals surface area contributed by atoms with Crippen LogP contribution < -0.4 is 5.73 Å². The fourth-order valence-corrected chi connectivity index (χ4v) is 3.95. The molecule has 0 atom stereocenters. The molecule has 2 aromatic rings. The third-order valence-electron chi connectivity index (χ3n) is 5.21. The number of amides is 1. The Morgan fingerprint density at radius 1 is 1.35 bits per heavy atom. The lowest BCUT2D eigenvalue weighted by Gasteiger charge is -2.31. The van der Waals surface area contributed by atoms with Crippen LogP contribution in [0.15, 0.2) is 18.2 Å². The number of carbonyl (C=O) groups is 1. The van der Waals surface area contributed by atoms with Gasteiger partial charge in [-0.15, -0.1) is 0 Å². The number of benzene rings is 1. The molecule has 3 rings (SSSR count). The van der Waals surface area contributed by atoms with Crippen LogP contribution in [-0.2, 0) is 13.1 Å². The molecule has 1 aliphatic rings. The normalized spacial score (nSPS) is 16.5. The maximum Gasteiger partial charge on any atom is 0.284 e. The van der Waals surface area contributed by atoms with E-state index in [4.69, 9.17) is 5.73 Å². The average Bonchev–Trinajstić information content (AvgIpc) is 2.92. The van der Waals surface area contributed by atoms with Crippen molar-refractivity contribution in [3.05, 3.63) is 29.6 Å². The van der Waals surface area contributed by atoms with Gasteiger partial charge in [0.05, 0.1) is 23.2 Å². The van der Waals surface area contributed by atoms with Gasteiger partial charge in [0, 0.05) is 12.6 Å². The van der Waals surface area contributed by atoms with Crippen molar-refractivity contribution in [2.24, 2.45) is 5.73 Å². The molecule has 26 heavy (non-hydrogen) atoms. The van der Waals surface area contributed by atoms with E-state index in [1.807, 2.05) is 12.1 Å². The van der Waals surface area contributed by atoms with Gasteiger partial charge in [-0.3, -0.25) is 9.69 Å². The molecule has 142 valence electrons. The number of aromatic nitrogens is 2. The third-order valence-corrected chi connectivity index (χ3v) is 5.21. The minimum Gasteiger partial charge on any atom is -0.389 e. The first-order valence-corrected chi connectivity index (χ1v) is 9.46. The number of hydrogen-bond donors (Lipinski definition) is 2. The number of carbonyl (C=O) groups excluding carboxylic acids is 1. The molecule has 1 aromatic carbocycles. The molecule has 0 saturated heterocycles. The summed E-state index contributed by atoms with van der Waals surface area (Å²) in [5, 5.41) is 10.2. The molecule has 6 nitrogen and oxygen atoms in total. The van der Waals surface area contributed by atoms with E-state index in [1.165, 1.54) is 37.7 Å². The molecule has 1 amide bonds. The van der Waals surface area contributed by atoms with E-state index >= 15 is 0 Å². The van der Waals surface area contributed by atoms with Crippen LogP contribution in [0.5, 0.6) is 0 Å². The first kappa shape index (κ1) is 18.9. The van der Waals surface area contributed by atoms with Crippen LogP contribution in [0.25, 0.3) is 11.0 Å². The summed E-state index contributed by atoms with van der Waals surface area (Å²) in [6.07, 6.45) is 6.52. The van der Waals surface area contributed by atoms with Gasteiger partial charge < -0.3 is 15.4 Å². The van der Waals surface area contributed by atoms with Gasteiger partial charge in [-0.05, 0) is 51.4 Å². The molecule has 0 bridgehead atoms. The maximum atomic E-state index is 11.8. The molecule has 1 heterocycles. The summed E-state index contributed by atoms with van der Waals surface area (Å²) in [4.78, 5) is 18.7. The van der Waals surface area contributed by atoms with Crippen molar-refractivity contribution in [3.63, 3.8) is 0 Å². The third kappa shape index (κ3) is 4.24. The van der Waals surface area contributed by atoms with E-state index in [9.17, 15) is 9.90 Å². The van der Waals surface area contributed by atoms with Gasteiger partial charge in [-0.1, -0.05) is 25.3 Å². The second-order valence-corrected chi connectivity index (χ2v) is 8.23. The van der Waals surface area contributed by atoms with Crippen molar-refractivity contribution in [2.75, 3.05) is 7.05 Å². The Labute approximate surface area is 155 Å². The molecule has 0 spiro atoms. The number of fused-ring (bicyclic) bond motifs is 1. The molecule has 6 heteroatoms. The molecule has 1 fully saturated rings. The summed E-state index contributed by atoms with van der Waals surface area (Å²) in [5.41, 5.74) is 7.29. The van der Waals surface area contributed by atoms with Gasteiger partial charge >= 0.3 is 0 Å². The largest absolute Gasteiger partial charge is 0.389 e. The molecular weight excluding hydrogens is 328 g/mol. The number of hydrogen-bond acceptors (Lipinski definition) is 4. The number of imidazole rings is 1. The quantitative estimate of drug-likeness (QED) is 0.831. The Hall–Kier alpha value is -1.92. The van der Waals surface area contributed by atoms with Crippen LogP contribution in [0.3, 0.4) is 0 Å². The predicted molar refractivity (Wildman–Crippen MR) is 103 cm³/mol. The Kier molecular flexibility index (Phi) is 5.34. The summed E-state index contributed by atoms with van der Waals surface area (Å²) in [7, 11) is 2.18. The number of primary amides is 1. The summed E-state index contributed by atoms with van der Waals surface area (Å²) in [6.45, 7) is 4.54. The number of rotatable bonds is 6. The van der Waals surface area contributed by atoms with Crippen molar-refractivity contribution in [2.45, 2.75) is 70.7 Å². The van der Waals surface area contributed by atoms with E-state index in [-0.39, 0.29) is 12.4 Å². The summed E-state index contributed by atoms with van der Waals surface area (Å²) < 4.78 is 1.71. The molecule has 0 unspecified atom stereocenters. The maximum absolute atomic E-state index is 11.8. The van der Waals surface area contributed by atoms with Crippen molar-refractivity contribution in [1.82, 2.24) is 14.5 Å². The zero-order chi connectivity index (χ0) is 18.9. The monoisotopic (exact) mass is 358 g/mol. The van der Waals surface area contributed by atoms with Gasteiger partial charge in [-0.25, -0.2) is 4.98 Å². The van der Waals surface area contributed by atoms with Crippen molar-refractivity contribution >= 4 is 16.9 Å². The summed E-state index contributed by atoms with van der Waals surface area (Å²) in [6, 6.07) is 6.73. The lowest BCUT2D eigenvalue weighted by atomic mass is 9.94. The van der Waals surface area contributed by atoms with Crippen molar-refractivity contribution in [1.29, 1.82) is 0 Å². The Morgan fingerprint density at radius 3 is 2.65 bits per heavy atom. The van der Waals surface area contributed by atoms with Crippen molar-refractivity contribution in [3.8, 4) is 0 Å². The van der Waals surface area contributed by atoms with E-state index < -0.39 is 11.5 Å². The first-order valence-electron chi connectivity index (χ1n) is 9.46. The van der Waals surface area contributed by atoms with E-state index in [0.29, 0.717) is 6.04 Å². The van der Waals surface area contributed by atoms with Gasteiger partial charge in [0.1, 0.15) is 0 Å². The average molecular weight is 358 g/mol. The summed E-state index contributed by atoms with van der Waals surface area (Å²) >= 11 is 0. The highest BCUT2D eigenvalue weighted by molar-refractivity contribution is 5.93. The van der Waals surface area contributed by atoms with Crippen molar-refractivity contribution < 1.29 is 9.90 Å². The SMILES string of the molecule is CN(Cc1ccc2c(c1)nc(C(N)=O)n2CC(C)(C)O)C1CCCCC1. The van der Waals surface area contributed by atoms with Gasteiger partial charge in [0.15, 0.2) is 5.82 Å². The van der Waals surface area contributed by atoms with Gasteiger partial charge in [0.25, 0.3) is 5.91 Å². The second-order valence-electron chi connectivity index (χ2n) is 8.23. The topological polar surface area (TPSA) is 84.4 Å². The zero-order valence-corrected chi connectivity index (χ0v) is 16.0. The highest BCUT2D eigenvalue weighted by Gasteiger charge is 2.22. The fourth-order valence-electron chi connectivity index (χ4n) is 3.95. The highest BCUT2D eigenvalue weighted by Crippen LogP contribution is 2.25. The Balaban J connectivity index is 1.87. The smallest absolute Gasteiger partial charge is 0.284 e. The molecule has 0 radical (unpaired) electrons. The van der Waals surface area contributed by atoms with E-state index in [2.05, 4.69) is 23.0 Å². The van der Waals surface area contributed by atoms with Crippen LogP contribution in [0.1, 0.15) is 62.1 Å². The molecule has 1 aliphatic carbocycles. The Bertz CT molecular complexity index is 785. The molecule has 1 saturated carbocycles. The van der Waals surface area contributed by atoms with Crippen LogP contribution in [0.2, 0.25) is 0 Å². The standard InChI is InChI=1S/C20H30N4O2/c1-20(2,26)13-24-17-10-9-14(11-16(17)22-19(24)18(21)25)12-23(3)15-7-5-4-6-8-15/h9-11,15,26H,4-8,12-13H2,1-3H3,(H2,21,25). The fraction of sp³-hybridized carbons (Fsp3) is 0.600. The van der Waals surface area contributed by atoms with Crippen LogP contribution in [0.4, 0.5) is 0 Å². The Morgan fingerprint density at radius 2 is 2.04 bits per heavy atom. The minimum atomic E-state index is -0.961. The molecule has 0 aliphatic heterocycles. The highest BCUT2D eigenvalue weighted by atomic mass is 16.3. The van der Waals surface area contributed by atoms with Gasteiger partial charge in [0.2, 0.25) is 0 Å². The number of aliphatic hydroxyl groups is 1. The van der Waals surface area contributed by atoms with Crippen LogP contribution >= 0.6 is 0 Å². The number of nitrogens with two attached hydrogens (primary N) is 1. The van der Waals surface area contributed by atoms with Crippen LogP contribution in [0, 0.1) is 0 Å². The lowest BCUT2D eigenvalue weighted by Crippen LogP contribution is -2.32. The number of nitrogens with zero attached hydrogens (tertiary/aromatic N) is 3. The van der Waals surface area contributed by atoms with Gasteiger partial charge in [-0.2, -0.15) is 0 Å². The summed E-state index contributed by atoms with van der Waals surface area (Å²) in [5.74, 6) is -0.383. The first-order chi connectivity index (χ1) is 12.2. The molecule has 3 N–H and O–H groups in total. The second kappa shape index (κ2) is 7.37. The van der Waals surface area contributed by atoms with Crippen LogP contribution in [-0.4, -0.2) is 44.2 Å². The zero-order valence-electron chi connectivity index (χ0n) is 16.0. The minimum absolute atomic E-state index is 0.194. The lowest BCUT2D eigenvalue weighted by molar-refractivity contribution is 0.0614. The van der Waals surface area contributed by atoms with E-state index in [1.54, 1.807) is 18.4 Å².